The molecular formula is C28H36O7S. The molecule has 196 valence electrons. The van der Waals surface area contributed by atoms with Gasteiger partial charge in [0.25, 0.3) is 0 Å². The first-order chi connectivity index (χ1) is 17.0. The number of carbonyl (C=O) groups excluding carboxylic acids is 4. The molecule has 0 bridgehead atoms. The average molecular weight is 517 g/mol. The Kier molecular flexibility index (Phi) is 6.21. The number of Topliss-reactive ketones (excluding diaryl/α,β-unsaturated/α-hetero) is 1. The van der Waals surface area contributed by atoms with E-state index in [1.165, 1.54) is 0 Å². The zero-order valence-corrected chi connectivity index (χ0v) is 22.4. The van der Waals surface area contributed by atoms with Crippen LogP contribution >= 0.6 is 12.2 Å². The van der Waals surface area contributed by atoms with Gasteiger partial charge in [0, 0.05) is 24.2 Å². The maximum atomic E-state index is 13.3. The molecule has 1 heterocycles. The van der Waals surface area contributed by atoms with Gasteiger partial charge in [-0.2, -0.15) is 0 Å². The van der Waals surface area contributed by atoms with E-state index in [1.807, 2.05) is 6.92 Å². The van der Waals surface area contributed by atoms with Gasteiger partial charge >= 0.3 is 11.9 Å². The fourth-order valence-electron chi connectivity index (χ4n) is 8.49. The van der Waals surface area contributed by atoms with E-state index in [2.05, 4.69) is 13.8 Å². The van der Waals surface area contributed by atoms with Gasteiger partial charge in [0.1, 0.15) is 0 Å². The lowest BCUT2D eigenvalue weighted by molar-refractivity contribution is -0.177. The van der Waals surface area contributed by atoms with E-state index in [1.54, 1.807) is 13.0 Å². The predicted octanol–water partition coefficient (Wildman–Crippen LogP) is 4.29. The molecule has 3 saturated carbocycles. The maximum absolute atomic E-state index is 13.3. The summed E-state index contributed by atoms with van der Waals surface area (Å²) in [5.41, 5.74) is -1.26. The normalized spacial score (nSPS) is 43.6. The van der Waals surface area contributed by atoms with Gasteiger partial charge < -0.3 is 14.2 Å². The molecule has 0 aromatic carbocycles. The van der Waals surface area contributed by atoms with Crippen LogP contribution < -0.4 is 0 Å². The molecule has 1 saturated heterocycles. The third kappa shape index (κ3) is 3.38. The zero-order chi connectivity index (χ0) is 26.0. The number of ether oxygens (including phenoxy) is 3. The number of fused-ring (bicyclic) bond motifs is 5. The summed E-state index contributed by atoms with van der Waals surface area (Å²) in [6.45, 7) is 8.30. The number of ketones is 2. The van der Waals surface area contributed by atoms with Crippen LogP contribution in [-0.2, 0) is 33.4 Å². The van der Waals surface area contributed by atoms with Crippen LogP contribution in [0.25, 0.3) is 0 Å². The van der Waals surface area contributed by atoms with Crippen molar-refractivity contribution in [1.29, 1.82) is 0 Å². The summed E-state index contributed by atoms with van der Waals surface area (Å²) in [7, 11) is 0. The molecule has 8 atom stereocenters. The molecule has 4 fully saturated rings. The fraction of sp³-hybridized carbons (Fsp3) is 0.750. The molecule has 0 spiro atoms. The molecule has 0 N–H and O–H groups in total. The molecule has 7 nitrogen and oxygen atoms in total. The summed E-state index contributed by atoms with van der Waals surface area (Å²) in [5.74, 6) is -0.386. The van der Waals surface area contributed by atoms with Crippen LogP contribution in [0.3, 0.4) is 0 Å². The second kappa shape index (κ2) is 8.74. The molecule has 0 radical (unpaired) electrons. The van der Waals surface area contributed by atoms with Crippen molar-refractivity contribution >= 4 is 40.8 Å². The molecular weight excluding hydrogens is 480 g/mol. The van der Waals surface area contributed by atoms with Crippen molar-refractivity contribution in [3.63, 3.8) is 0 Å². The van der Waals surface area contributed by atoms with Crippen molar-refractivity contribution < 1.29 is 33.4 Å². The second-order valence-corrected chi connectivity index (χ2v) is 12.2. The molecule has 1 unspecified atom stereocenters. The van der Waals surface area contributed by atoms with Gasteiger partial charge in [-0.15, -0.1) is 0 Å². The highest BCUT2D eigenvalue weighted by Crippen LogP contribution is 2.69. The van der Waals surface area contributed by atoms with E-state index in [9.17, 15) is 19.2 Å². The number of rotatable bonds is 4. The van der Waals surface area contributed by atoms with Gasteiger partial charge in [-0.1, -0.05) is 26.3 Å². The smallest absolute Gasteiger partial charge is 0.347 e. The molecule has 4 aliphatic carbocycles. The first kappa shape index (κ1) is 25.6. The summed E-state index contributed by atoms with van der Waals surface area (Å²) < 4.78 is 17.5. The Hall–Kier alpha value is -2.09. The number of thiocarbonyl (C=S) groups is 1. The van der Waals surface area contributed by atoms with Crippen LogP contribution in [0.2, 0.25) is 0 Å². The minimum absolute atomic E-state index is 0.0188. The minimum Gasteiger partial charge on any atom is -0.468 e. The standard InChI is InChI=1S/C28H36O7S/c1-5-23(31)35-28(25(36)34-21-9-11-33-24(21)32)15(2)12-20-18-7-6-16-13-17(29)14-22(30)27(16,4)19(18)8-10-26(20,28)3/h13,15,18-21H,5-12,14H2,1-4H3/t15?,18-,19+,20+,21+,26+,27+,28-/m1/s1. The van der Waals surface area contributed by atoms with Crippen molar-refractivity contribution in [3.05, 3.63) is 11.6 Å². The largest absolute Gasteiger partial charge is 0.468 e. The van der Waals surface area contributed by atoms with Crippen molar-refractivity contribution in [2.75, 3.05) is 6.61 Å². The zero-order valence-electron chi connectivity index (χ0n) is 21.6. The molecule has 1 aliphatic heterocycles. The Bertz CT molecular complexity index is 1060. The molecule has 5 aliphatic rings. The predicted molar refractivity (Wildman–Crippen MR) is 134 cm³/mol. The quantitative estimate of drug-likeness (QED) is 0.310. The van der Waals surface area contributed by atoms with Gasteiger partial charge in [-0.05, 0) is 75.1 Å². The van der Waals surface area contributed by atoms with Crippen molar-refractivity contribution in [3.8, 4) is 0 Å². The summed E-state index contributed by atoms with van der Waals surface area (Å²) >= 11 is 5.88. The first-order valence-corrected chi connectivity index (χ1v) is 13.8. The number of carbonyl (C=O) groups is 4. The number of allylic oxidation sites excluding steroid dienone is 1. The lowest BCUT2D eigenvalue weighted by atomic mass is 9.46. The Morgan fingerprint density at radius 3 is 2.58 bits per heavy atom. The summed E-state index contributed by atoms with van der Waals surface area (Å²) in [6, 6.07) is 0. The van der Waals surface area contributed by atoms with E-state index < -0.39 is 28.5 Å². The third-order valence-corrected chi connectivity index (χ3v) is 10.8. The van der Waals surface area contributed by atoms with Crippen molar-refractivity contribution in [2.24, 2.45) is 34.5 Å². The van der Waals surface area contributed by atoms with Gasteiger partial charge in [0.2, 0.25) is 5.05 Å². The average Bonchev–Trinajstić information content (AvgIpc) is 3.33. The second-order valence-electron chi connectivity index (χ2n) is 11.9. The Morgan fingerprint density at radius 2 is 1.92 bits per heavy atom. The third-order valence-electron chi connectivity index (χ3n) is 10.4. The topological polar surface area (TPSA) is 96.0 Å². The van der Waals surface area contributed by atoms with Gasteiger partial charge in [-0.25, -0.2) is 4.79 Å². The lowest BCUT2D eigenvalue weighted by Crippen LogP contribution is -2.62. The number of esters is 2. The van der Waals surface area contributed by atoms with E-state index >= 15 is 0 Å². The molecule has 0 aromatic heterocycles. The van der Waals surface area contributed by atoms with E-state index in [-0.39, 0.29) is 65.7 Å². The van der Waals surface area contributed by atoms with Crippen molar-refractivity contribution in [2.45, 2.75) is 90.8 Å². The van der Waals surface area contributed by atoms with E-state index in [0.29, 0.717) is 12.8 Å². The van der Waals surface area contributed by atoms with Crippen LogP contribution in [0, 0.1) is 34.5 Å². The first-order valence-electron chi connectivity index (χ1n) is 13.4. The van der Waals surface area contributed by atoms with Crippen LogP contribution in [-0.4, -0.2) is 46.9 Å². The Labute approximate surface area is 217 Å². The monoisotopic (exact) mass is 516 g/mol. The Morgan fingerprint density at radius 1 is 1.17 bits per heavy atom. The van der Waals surface area contributed by atoms with Gasteiger partial charge in [0.05, 0.1) is 18.4 Å². The fourth-order valence-corrected chi connectivity index (χ4v) is 9.09. The molecule has 5 rings (SSSR count). The SMILES string of the molecule is CCC(=O)O[C@@]1(C(=S)O[C@H]2CCOC2=O)C(C)C[C@H]2[C@@H]3CCC4=CC(=O)CC(=O)[C@]4(C)[C@H]3CC[C@@]21C. The minimum atomic E-state index is -1.14. The Balaban J connectivity index is 1.53. The lowest BCUT2D eigenvalue weighted by Gasteiger charge is -2.58. The van der Waals surface area contributed by atoms with Gasteiger partial charge in [0.15, 0.2) is 23.3 Å². The van der Waals surface area contributed by atoms with E-state index in [0.717, 1.165) is 31.3 Å². The van der Waals surface area contributed by atoms with Crippen LogP contribution in [0.4, 0.5) is 0 Å². The molecule has 0 amide bonds. The maximum Gasteiger partial charge on any atom is 0.347 e. The number of cyclic esters (lactones) is 1. The summed E-state index contributed by atoms with van der Waals surface area (Å²) in [5, 5.41) is 0.172. The highest BCUT2D eigenvalue weighted by atomic mass is 32.1. The molecule has 8 heteroatoms. The van der Waals surface area contributed by atoms with Crippen molar-refractivity contribution in [1.82, 2.24) is 0 Å². The highest BCUT2D eigenvalue weighted by molar-refractivity contribution is 7.80. The van der Waals surface area contributed by atoms with Crippen LogP contribution in [0.1, 0.15) is 79.1 Å². The molecule has 36 heavy (non-hydrogen) atoms. The summed E-state index contributed by atoms with van der Waals surface area (Å²) in [4.78, 5) is 50.4. The highest BCUT2D eigenvalue weighted by Gasteiger charge is 2.71. The number of hydrogen-bond donors (Lipinski definition) is 0. The van der Waals surface area contributed by atoms with Crippen LogP contribution in [0.15, 0.2) is 11.6 Å². The van der Waals surface area contributed by atoms with Crippen LogP contribution in [0.5, 0.6) is 0 Å². The van der Waals surface area contributed by atoms with E-state index in [4.69, 9.17) is 26.4 Å². The summed E-state index contributed by atoms with van der Waals surface area (Å²) in [6.07, 6.45) is 5.45. The molecule has 0 aromatic rings. The van der Waals surface area contributed by atoms with Gasteiger partial charge in [-0.3, -0.25) is 14.4 Å². The number of hydrogen-bond acceptors (Lipinski definition) is 8.